The third kappa shape index (κ3) is 5.63. The number of thioether (sulfide) groups is 1. The predicted octanol–water partition coefficient (Wildman–Crippen LogP) is 6.61. The second-order valence-corrected chi connectivity index (χ2v) is 10.8. The Morgan fingerprint density at radius 3 is 2.62 bits per heavy atom. The largest absolute Gasteiger partial charge is 0.466 e. The summed E-state index contributed by atoms with van der Waals surface area (Å²) in [5.41, 5.74) is 3.42. The maximum atomic E-state index is 13.2. The van der Waals surface area contributed by atoms with Crippen LogP contribution in [0.4, 0.5) is 0 Å². The number of fused-ring (bicyclic) bond motifs is 2. The number of hydrogen-bond donors (Lipinski definition) is 1. The van der Waals surface area contributed by atoms with E-state index >= 15 is 0 Å². The van der Waals surface area contributed by atoms with Gasteiger partial charge in [-0.05, 0) is 53.0 Å². The molecule has 2 heterocycles. The van der Waals surface area contributed by atoms with E-state index in [1.807, 2.05) is 65.4 Å². The molecule has 196 valence electrons. The number of nitrogens with one attached hydrogen (secondary N) is 1. The maximum absolute atomic E-state index is 13.2. The summed E-state index contributed by atoms with van der Waals surface area (Å²) in [5, 5.41) is 13.0. The van der Waals surface area contributed by atoms with Gasteiger partial charge in [-0.15, -0.1) is 0 Å². The van der Waals surface area contributed by atoms with E-state index in [2.05, 4.69) is 32.0 Å². The van der Waals surface area contributed by atoms with Gasteiger partial charge in [0.15, 0.2) is 5.16 Å². The van der Waals surface area contributed by atoms with Crippen molar-refractivity contribution in [3.8, 4) is 11.8 Å². The molecule has 39 heavy (non-hydrogen) atoms. The van der Waals surface area contributed by atoms with Gasteiger partial charge < -0.3 is 9.72 Å². The van der Waals surface area contributed by atoms with Crippen molar-refractivity contribution in [2.45, 2.75) is 24.9 Å². The number of carbonyl (C=O) groups is 2. The molecule has 0 fully saturated rings. The minimum Gasteiger partial charge on any atom is -0.466 e. The summed E-state index contributed by atoms with van der Waals surface area (Å²) in [6.07, 6.45) is 4.08. The number of halogens is 1. The fourth-order valence-electron chi connectivity index (χ4n) is 4.75. The molecule has 7 nitrogen and oxygen atoms in total. The van der Waals surface area contributed by atoms with Crippen LogP contribution in [0, 0.1) is 17.2 Å². The zero-order valence-electron chi connectivity index (χ0n) is 21.2. The number of esters is 1. The predicted molar refractivity (Wildman–Crippen MR) is 156 cm³/mol. The van der Waals surface area contributed by atoms with Gasteiger partial charge in [0.2, 0.25) is 0 Å². The molecular weight excluding hydrogens is 576 g/mol. The van der Waals surface area contributed by atoms with Gasteiger partial charge in [-0.1, -0.05) is 54.2 Å². The van der Waals surface area contributed by atoms with Crippen molar-refractivity contribution in [2.24, 2.45) is 5.92 Å². The highest BCUT2D eigenvalue weighted by Crippen LogP contribution is 2.33. The van der Waals surface area contributed by atoms with Crippen LogP contribution in [-0.4, -0.2) is 38.6 Å². The minimum atomic E-state index is -0.578. The second kappa shape index (κ2) is 11.9. The van der Waals surface area contributed by atoms with Crippen LogP contribution in [0.2, 0.25) is 0 Å². The highest BCUT2D eigenvalue weighted by atomic mass is 79.9. The number of imidazole rings is 1. The molecule has 1 atom stereocenters. The number of benzene rings is 3. The van der Waals surface area contributed by atoms with Gasteiger partial charge in [-0.3, -0.25) is 14.2 Å². The number of ketones is 1. The van der Waals surface area contributed by atoms with Crippen LogP contribution >= 0.6 is 27.7 Å². The number of ether oxygens (including phenoxy) is 1. The highest BCUT2D eigenvalue weighted by molar-refractivity contribution is 9.10. The first-order valence-corrected chi connectivity index (χ1v) is 14.3. The third-order valence-corrected chi connectivity index (χ3v) is 8.12. The SMILES string of the molecule is CCOC(=O)C(CC(=O)CSc1ncc(Br)n1-c1ccc(C#N)c2ccccc12)Cc1c[nH]c2ccccc12. The Kier molecular flexibility index (Phi) is 8.15. The smallest absolute Gasteiger partial charge is 0.309 e. The fraction of sp³-hybridized carbons (Fsp3) is 0.200. The molecule has 2 aromatic heterocycles. The van der Waals surface area contributed by atoms with Gasteiger partial charge in [0.25, 0.3) is 0 Å². The molecule has 9 heteroatoms. The first-order chi connectivity index (χ1) is 19.0. The summed E-state index contributed by atoms with van der Waals surface area (Å²) in [6, 6.07) is 21.5. The molecule has 1 N–H and O–H groups in total. The van der Waals surface area contributed by atoms with Crippen molar-refractivity contribution >= 4 is 61.1 Å². The number of aromatic nitrogens is 3. The summed E-state index contributed by atoms with van der Waals surface area (Å²) in [6.45, 7) is 2.03. The fourth-order valence-corrected chi connectivity index (χ4v) is 6.19. The molecular formula is C30H25BrN4O3S. The summed E-state index contributed by atoms with van der Waals surface area (Å²) < 4.78 is 7.97. The Balaban J connectivity index is 1.35. The number of hydrogen-bond acceptors (Lipinski definition) is 6. The maximum Gasteiger partial charge on any atom is 0.309 e. The van der Waals surface area contributed by atoms with E-state index in [9.17, 15) is 14.9 Å². The van der Waals surface area contributed by atoms with Crippen molar-refractivity contribution in [1.82, 2.24) is 14.5 Å². The standard InChI is InChI=1S/C30H25BrN4O3S/c1-2-38-29(37)20(13-21-16-33-26-10-6-5-8-24(21)26)14-22(36)18-39-30-34-17-28(31)35(30)27-12-11-19(15-32)23-7-3-4-9-25(23)27/h3-12,16-17,20,33H,2,13-14,18H2,1H3. The van der Waals surface area contributed by atoms with E-state index in [1.165, 1.54) is 11.8 Å². The second-order valence-electron chi connectivity index (χ2n) is 9.03. The molecule has 0 amide bonds. The van der Waals surface area contributed by atoms with Crippen molar-refractivity contribution in [1.29, 1.82) is 5.26 Å². The Morgan fingerprint density at radius 2 is 1.85 bits per heavy atom. The van der Waals surface area contributed by atoms with Crippen LogP contribution < -0.4 is 0 Å². The van der Waals surface area contributed by atoms with Crippen LogP contribution in [0.25, 0.3) is 27.4 Å². The number of rotatable bonds is 10. The summed E-state index contributed by atoms with van der Waals surface area (Å²) >= 11 is 4.90. The Labute approximate surface area is 238 Å². The number of Topliss-reactive ketones (excluding diaryl/α,β-unsaturated/α-hetero) is 1. The minimum absolute atomic E-state index is 0.0618. The monoisotopic (exact) mass is 600 g/mol. The number of nitriles is 1. The Morgan fingerprint density at radius 1 is 1.10 bits per heavy atom. The van der Waals surface area contributed by atoms with E-state index < -0.39 is 5.92 Å². The van der Waals surface area contributed by atoms with Crippen LogP contribution in [0.1, 0.15) is 24.5 Å². The third-order valence-electron chi connectivity index (χ3n) is 6.55. The molecule has 1 unspecified atom stereocenters. The van der Waals surface area contributed by atoms with Crippen molar-refractivity contribution < 1.29 is 14.3 Å². The first kappa shape index (κ1) is 26.7. The number of aromatic amines is 1. The van der Waals surface area contributed by atoms with Gasteiger partial charge in [0, 0.05) is 34.3 Å². The lowest BCUT2D eigenvalue weighted by atomic mass is 9.94. The molecule has 3 aromatic carbocycles. The molecule has 5 aromatic rings. The topological polar surface area (TPSA) is 101 Å². The van der Waals surface area contributed by atoms with Gasteiger partial charge in [-0.25, -0.2) is 4.98 Å². The van der Waals surface area contributed by atoms with Crippen LogP contribution in [0.3, 0.4) is 0 Å². The number of carbonyl (C=O) groups excluding carboxylic acids is 2. The summed E-state index contributed by atoms with van der Waals surface area (Å²) in [4.78, 5) is 33.7. The van der Waals surface area contributed by atoms with Crippen molar-refractivity contribution in [3.63, 3.8) is 0 Å². The van der Waals surface area contributed by atoms with E-state index in [0.29, 0.717) is 17.1 Å². The quantitative estimate of drug-likeness (QED) is 0.143. The molecule has 0 bridgehead atoms. The molecule has 0 aliphatic rings. The molecule has 0 radical (unpaired) electrons. The average Bonchev–Trinajstić information content (AvgIpc) is 3.54. The molecule has 5 rings (SSSR count). The first-order valence-electron chi connectivity index (χ1n) is 12.5. The van der Waals surface area contributed by atoms with Crippen LogP contribution in [0.15, 0.2) is 82.8 Å². The molecule has 0 saturated carbocycles. The van der Waals surface area contributed by atoms with Gasteiger partial charge in [-0.2, -0.15) is 5.26 Å². The zero-order chi connectivity index (χ0) is 27.4. The number of nitrogens with zero attached hydrogens (tertiary/aromatic N) is 3. The van der Waals surface area contributed by atoms with Crippen molar-refractivity contribution in [3.05, 3.63) is 88.8 Å². The van der Waals surface area contributed by atoms with Gasteiger partial charge >= 0.3 is 5.97 Å². The zero-order valence-corrected chi connectivity index (χ0v) is 23.6. The lowest BCUT2D eigenvalue weighted by Gasteiger charge is -2.15. The lowest BCUT2D eigenvalue weighted by Crippen LogP contribution is -2.24. The normalized spacial score (nSPS) is 11.9. The van der Waals surface area contributed by atoms with E-state index in [-0.39, 0.29) is 30.5 Å². The molecule has 0 aliphatic carbocycles. The van der Waals surface area contributed by atoms with Crippen molar-refractivity contribution in [2.75, 3.05) is 12.4 Å². The summed E-state index contributed by atoms with van der Waals surface area (Å²) in [7, 11) is 0. The van der Waals surface area contributed by atoms with Gasteiger partial charge in [0.05, 0.1) is 41.8 Å². The summed E-state index contributed by atoms with van der Waals surface area (Å²) in [5.74, 6) is -0.851. The number of para-hydroxylation sites is 1. The molecule has 0 spiro atoms. The molecule has 0 saturated heterocycles. The van der Waals surface area contributed by atoms with Gasteiger partial charge in [0.1, 0.15) is 10.4 Å². The Hall–Kier alpha value is -3.87. The van der Waals surface area contributed by atoms with E-state index in [4.69, 9.17) is 4.74 Å². The average molecular weight is 602 g/mol. The molecule has 0 aliphatic heterocycles. The van der Waals surface area contributed by atoms with E-state index in [0.717, 1.165) is 37.5 Å². The highest BCUT2D eigenvalue weighted by Gasteiger charge is 2.25. The lowest BCUT2D eigenvalue weighted by molar-refractivity contribution is -0.149. The van der Waals surface area contributed by atoms with E-state index in [1.54, 1.807) is 19.2 Å². The Bertz CT molecular complexity index is 1720. The number of H-pyrrole nitrogens is 1. The van der Waals surface area contributed by atoms with Crippen LogP contribution in [-0.2, 0) is 20.7 Å². The van der Waals surface area contributed by atoms with Crippen LogP contribution in [0.5, 0.6) is 0 Å².